The second kappa shape index (κ2) is 7.02. The number of nitrogens with zero attached hydrogens (tertiary/aromatic N) is 3. The molecular formula is C21H16ClN3O. The summed E-state index contributed by atoms with van der Waals surface area (Å²) >= 11 is 6.02. The maximum Gasteiger partial charge on any atom is 0.250 e. The predicted molar refractivity (Wildman–Crippen MR) is 104 cm³/mol. The summed E-state index contributed by atoms with van der Waals surface area (Å²) in [5.41, 5.74) is 3.69. The summed E-state index contributed by atoms with van der Waals surface area (Å²) in [7, 11) is 0. The molecule has 4 aromatic rings. The van der Waals surface area contributed by atoms with E-state index in [1.807, 2.05) is 71.5 Å². The quantitative estimate of drug-likeness (QED) is 0.540. The van der Waals surface area contributed by atoms with Crippen molar-refractivity contribution >= 4 is 11.6 Å². The molecule has 0 aliphatic heterocycles. The zero-order valence-electron chi connectivity index (χ0n) is 13.9. The van der Waals surface area contributed by atoms with Crippen molar-refractivity contribution in [1.82, 2.24) is 14.3 Å². The van der Waals surface area contributed by atoms with Gasteiger partial charge in [-0.25, -0.2) is 4.68 Å². The van der Waals surface area contributed by atoms with Crippen LogP contribution >= 0.6 is 11.6 Å². The van der Waals surface area contributed by atoms with Gasteiger partial charge in [-0.1, -0.05) is 48.0 Å². The Morgan fingerprint density at radius 3 is 2.35 bits per heavy atom. The molecule has 4 nitrogen and oxygen atoms in total. The lowest BCUT2D eigenvalue weighted by Gasteiger charge is -2.05. The van der Waals surface area contributed by atoms with Crippen molar-refractivity contribution < 1.29 is 0 Å². The van der Waals surface area contributed by atoms with Crippen LogP contribution in [-0.4, -0.2) is 14.3 Å². The first-order valence-corrected chi connectivity index (χ1v) is 8.64. The molecule has 0 atom stereocenters. The molecule has 2 aromatic heterocycles. The van der Waals surface area contributed by atoms with Crippen LogP contribution in [0, 0.1) is 0 Å². The number of hydrogen-bond acceptors (Lipinski definition) is 2. The Morgan fingerprint density at radius 2 is 1.62 bits per heavy atom. The van der Waals surface area contributed by atoms with Gasteiger partial charge >= 0.3 is 0 Å². The smallest absolute Gasteiger partial charge is 0.250 e. The maximum atomic E-state index is 12.1. The summed E-state index contributed by atoms with van der Waals surface area (Å²) < 4.78 is 3.51. The fraction of sp³-hybridized carbons (Fsp3) is 0.0476. The van der Waals surface area contributed by atoms with Gasteiger partial charge in [0.05, 0.1) is 17.9 Å². The van der Waals surface area contributed by atoms with Crippen LogP contribution < -0.4 is 5.56 Å². The van der Waals surface area contributed by atoms with E-state index < -0.39 is 0 Å². The van der Waals surface area contributed by atoms with Gasteiger partial charge in [0, 0.05) is 34.6 Å². The second-order valence-corrected chi connectivity index (χ2v) is 6.39. The lowest BCUT2D eigenvalue weighted by Crippen LogP contribution is -2.18. The summed E-state index contributed by atoms with van der Waals surface area (Å²) in [5.74, 6) is 0. The molecular weight excluding hydrogens is 346 g/mol. The van der Waals surface area contributed by atoms with Gasteiger partial charge < -0.3 is 4.57 Å². The zero-order valence-corrected chi connectivity index (χ0v) is 14.7. The molecule has 4 rings (SSSR count). The van der Waals surface area contributed by atoms with Crippen molar-refractivity contribution in [1.29, 1.82) is 0 Å². The molecule has 0 fully saturated rings. The van der Waals surface area contributed by atoms with Crippen LogP contribution in [0.25, 0.3) is 16.9 Å². The number of halogens is 1. The van der Waals surface area contributed by atoms with Crippen molar-refractivity contribution in [2.45, 2.75) is 6.54 Å². The van der Waals surface area contributed by atoms with Crippen LogP contribution in [0.1, 0.15) is 5.56 Å². The number of aromatic nitrogens is 3. The summed E-state index contributed by atoms with van der Waals surface area (Å²) in [6, 6.07) is 22.6. The number of benzene rings is 2. The monoisotopic (exact) mass is 361 g/mol. The predicted octanol–water partition coefficient (Wildman–Crippen LogP) is 4.40. The Morgan fingerprint density at radius 1 is 0.885 bits per heavy atom. The average Bonchev–Trinajstić information content (AvgIpc) is 3.09. The third-order valence-corrected chi connectivity index (χ3v) is 4.42. The Bertz CT molecular complexity index is 1080. The van der Waals surface area contributed by atoms with Gasteiger partial charge in [0.25, 0.3) is 5.56 Å². The van der Waals surface area contributed by atoms with Gasteiger partial charge in [-0.15, -0.1) is 0 Å². The van der Waals surface area contributed by atoms with Crippen LogP contribution in [0.15, 0.2) is 90.0 Å². The third kappa shape index (κ3) is 3.32. The van der Waals surface area contributed by atoms with Gasteiger partial charge in [0.2, 0.25) is 0 Å². The first-order chi connectivity index (χ1) is 12.7. The van der Waals surface area contributed by atoms with E-state index in [2.05, 4.69) is 0 Å². The van der Waals surface area contributed by atoms with E-state index in [0.717, 1.165) is 22.5 Å². The maximum absolute atomic E-state index is 12.1. The number of pyridine rings is 1. The molecule has 0 saturated heterocycles. The largest absolute Gasteiger partial charge is 0.311 e. The van der Waals surface area contributed by atoms with E-state index in [1.165, 1.54) is 0 Å². The molecule has 2 aromatic carbocycles. The molecule has 0 bridgehead atoms. The van der Waals surface area contributed by atoms with Gasteiger partial charge in [0.1, 0.15) is 0 Å². The molecule has 0 amide bonds. The van der Waals surface area contributed by atoms with E-state index in [-0.39, 0.29) is 5.56 Å². The first-order valence-electron chi connectivity index (χ1n) is 8.26. The van der Waals surface area contributed by atoms with Crippen molar-refractivity contribution in [3.05, 3.63) is 106 Å². The van der Waals surface area contributed by atoms with Crippen molar-refractivity contribution in [2.24, 2.45) is 0 Å². The number of rotatable bonds is 4. The van der Waals surface area contributed by atoms with Gasteiger partial charge in [-0.2, -0.15) is 5.10 Å². The Balaban J connectivity index is 1.82. The van der Waals surface area contributed by atoms with E-state index in [9.17, 15) is 4.79 Å². The van der Waals surface area contributed by atoms with E-state index in [4.69, 9.17) is 16.7 Å². The molecule has 26 heavy (non-hydrogen) atoms. The lowest BCUT2D eigenvalue weighted by molar-refractivity contribution is 0.760. The van der Waals surface area contributed by atoms with E-state index >= 15 is 0 Å². The molecule has 0 aliphatic carbocycles. The van der Waals surface area contributed by atoms with Crippen molar-refractivity contribution in [2.75, 3.05) is 0 Å². The Kier molecular flexibility index (Phi) is 4.42. The van der Waals surface area contributed by atoms with E-state index in [1.54, 1.807) is 22.9 Å². The minimum atomic E-state index is -0.0398. The minimum absolute atomic E-state index is 0.0398. The SMILES string of the molecule is O=c1ccccn1Cc1cn(-c2ccccc2)nc1-c1ccc(Cl)cc1. The molecule has 0 saturated carbocycles. The third-order valence-electron chi connectivity index (χ3n) is 4.17. The lowest BCUT2D eigenvalue weighted by atomic mass is 10.1. The van der Waals surface area contributed by atoms with Gasteiger partial charge in [-0.3, -0.25) is 4.79 Å². The Labute approximate surface area is 155 Å². The standard InChI is InChI=1S/C21H16ClN3O/c22-18-11-9-16(10-12-18)21-17(14-24-13-5-4-8-20(24)26)15-25(23-21)19-6-2-1-3-7-19/h1-13,15H,14H2. The number of hydrogen-bond donors (Lipinski definition) is 0. The number of para-hydroxylation sites is 1. The molecule has 2 heterocycles. The molecule has 5 heteroatoms. The molecule has 0 radical (unpaired) electrons. The van der Waals surface area contributed by atoms with Crippen molar-refractivity contribution in [3.63, 3.8) is 0 Å². The molecule has 0 spiro atoms. The minimum Gasteiger partial charge on any atom is -0.311 e. The molecule has 0 N–H and O–H groups in total. The summed E-state index contributed by atoms with van der Waals surface area (Å²) in [4.78, 5) is 12.1. The van der Waals surface area contributed by atoms with Crippen LogP contribution in [0.3, 0.4) is 0 Å². The summed E-state index contributed by atoms with van der Waals surface area (Å²) in [6.45, 7) is 0.449. The van der Waals surface area contributed by atoms with Crippen molar-refractivity contribution in [3.8, 4) is 16.9 Å². The zero-order chi connectivity index (χ0) is 17.9. The fourth-order valence-corrected chi connectivity index (χ4v) is 2.99. The fourth-order valence-electron chi connectivity index (χ4n) is 2.86. The summed E-state index contributed by atoms with van der Waals surface area (Å²) in [5, 5.41) is 5.44. The topological polar surface area (TPSA) is 39.8 Å². The van der Waals surface area contributed by atoms with Crippen LogP contribution in [0.2, 0.25) is 5.02 Å². The highest BCUT2D eigenvalue weighted by Gasteiger charge is 2.13. The first kappa shape index (κ1) is 16.4. The highest BCUT2D eigenvalue weighted by molar-refractivity contribution is 6.30. The molecule has 0 unspecified atom stereocenters. The van der Waals surface area contributed by atoms with Crippen LogP contribution in [0.5, 0.6) is 0 Å². The van der Waals surface area contributed by atoms with Gasteiger partial charge in [-0.05, 0) is 30.3 Å². The average molecular weight is 362 g/mol. The molecule has 128 valence electrons. The summed E-state index contributed by atoms with van der Waals surface area (Å²) in [6.07, 6.45) is 3.76. The van der Waals surface area contributed by atoms with Gasteiger partial charge in [0.15, 0.2) is 0 Å². The highest BCUT2D eigenvalue weighted by atomic mass is 35.5. The van der Waals surface area contributed by atoms with Crippen LogP contribution in [-0.2, 0) is 6.54 Å². The van der Waals surface area contributed by atoms with E-state index in [0.29, 0.717) is 11.6 Å². The van der Waals surface area contributed by atoms with Crippen LogP contribution in [0.4, 0.5) is 0 Å². The molecule has 0 aliphatic rings. The highest BCUT2D eigenvalue weighted by Crippen LogP contribution is 2.25. The Hall–Kier alpha value is -3.11. The second-order valence-electron chi connectivity index (χ2n) is 5.96. The normalized spacial score (nSPS) is 10.8.